The molecule has 0 radical (unpaired) electrons. The third kappa shape index (κ3) is 2.32. The average molecular weight is 247 g/mol. The van der Waals surface area contributed by atoms with E-state index in [2.05, 4.69) is 32.6 Å². The number of hydrogen-bond acceptors (Lipinski definition) is 2. The zero-order valence-corrected chi connectivity index (χ0v) is 11.9. The highest BCUT2D eigenvalue weighted by Crippen LogP contribution is 2.40. The Balaban J connectivity index is 2.26. The number of likely N-dealkylation sites (tertiary alicyclic amines) is 1. The fourth-order valence-corrected chi connectivity index (χ4v) is 3.26. The van der Waals surface area contributed by atoms with E-state index in [9.17, 15) is 5.11 Å². The highest BCUT2D eigenvalue weighted by Gasteiger charge is 2.43. The third-order valence-corrected chi connectivity index (χ3v) is 4.41. The van der Waals surface area contributed by atoms with E-state index in [0.29, 0.717) is 12.1 Å². The van der Waals surface area contributed by atoms with Crippen LogP contribution in [-0.2, 0) is 5.60 Å². The van der Waals surface area contributed by atoms with Gasteiger partial charge in [0.25, 0.3) is 0 Å². The Bertz CT molecular complexity index is 389. The van der Waals surface area contributed by atoms with Crippen molar-refractivity contribution < 1.29 is 5.11 Å². The molecular formula is C16H25NO. The largest absolute Gasteiger partial charge is 0.385 e. The van der Waals surface area contributed by atoms with Crippen molar-refractivity contribution in [1.82, 2.24) is 4.90 Å². The Kier molecular flexibility index (Phi) is 3.79. The van der Waals surface area contributed by atoms with Crippen LogP contribution < -0.4 is 0 Å². The smallest absolute Gasteiger partial charge is 0.0948 e. The lowest BCUT2D eigenvalue weighted by Crippen LogP contribution is -2.55. The van der Waals surface area contributed by atoms with E-state index in [1.165, 1.54) is 0 Å². The van der Waals surface area contributed by atoms with Crippen LogP contribution in [-0.4, -0.2) is 28.6 Å². The van der Waals surface area contributed by atoms with Crippen LogP contribution in [0.25, 0.3) is 0 Å². The molecule has 1 aliphatic rings. The fourth-order valence-electron chi connectivity index (χ4n) is 3.26. The van der Waals surface area contributed by atoms with Gasteiger partial charge in [0.2, 0.25) is 0 Å². The van der Waals surface area contributed by atoms with Crippen molar-refractivity contribution in [2.75, 3.05) is 6.54 Å². The van der Waals surface area contributed by atoms with Gasteiger partial charge in [0, 0.05) is 24.5 Å². The zero-order valence-electron chi connectivity index (χ0n) is 11.9. The molecule has 0 saturated carbocycles. The van der Waals surface area contributed by atoms with Gasteiger partial charge in [-0.1, -0.05) is 37.3 Å². The lowest BCUT2D eigenvalue weighted by molar-refractivity contribution is -0.0974. The first-order valence-corrected chi connectivity index (χ1v) is 6.99. The van der Waals surface area contributed by atoms with Gasteiger partial charge < -0.3 is 5.11 Å². The minimum atomic E-state index is -0.675. The van der Waals surface area contributed by atoms with Crippen molar-refractivity contribution in [1.29, 1.82) is 0 Å². The molecule has 2 nitrogen and oxygen atoms in total. The number of rotatable bonds is 2. The van der Waals surface area contributed by atoms with E-state index in [-0.39, 0.29) is 5.92 Å². The van der Waals surface area contributed by atoms with E-state index in [1.54, 1.807) is 0 Å². The Hall–Kier alpha value is -0.860. The molecule has 1 N–H and O–H groups in total. The molecule has 2 rings (SSSR count). The summed E-state index contributed by atoms with van der Waals surface area (Å²) in [5, 5.41) is 11.1. The van der Waals surface area contributed by atoms with Gasteiger partial charge in [-0.25, -0.2) is 0 Å². The first-order chi connectivity index (χ1) is 8.45. The second kappa shape index (κ2) is 5.02. The third-order valence-electron chi connectivity index (χ3n) is 4.41. The lowest BCUT2D eigenvalue weighted by Gasteiger charge is -2.48. The number of aliphatic hydroxyl groups is 1. The number of nitrogens with zero attached hydrogens (tertiary/aromatic N) is 1. The molecule has 0 bridgehead atoms. The Labute approximate surface area is 111 Å². The Morgan fingerprint density at radius 1 is 1.22 bits per heavy atom. The van der Waals surface area contributed by atoms with E-state index in [0.717, 1.165) is 18.5 Å². The molecule has 0 unspecified atom stereocenters. The van der Waals surface area contributed by atoms with Gasteiger partial charge in [-0.2, -0.15) is 0 Å². The zero-order chi connectivity index (χ0) is 13.3. The highest BCUT2D eigenvalue weighted by atomic mass is 16.3. The van der Waals surface area contributed by atoms with Crippen LogP contribution in [0.15, 0.2) is 30.3 Å². The monoisotopic (exact) mass is 247 g/mol. The van der Waals surface area contributed by atoms with Crippen molar-refractivity contribution in [3.8, 4) is 0 Å². The molecule has 1 saturated heterocycles. The maximum atomic E-state index is 11.1. The first kappa shape index (κ1) is 13.6. The van der Waals surface area contributed by atoms with Crippen LogP contribution >= 0.6 is 0 Å². The summed E-state index contributed by atoms with van der Waals surface area (Å²) in [6.45, 7) is 9.81. The normalized spacial score (nSPS) is 33.9. The molecule has 1 aliphatic heterocycles. The summed E-state index contributed by atoms with van der Waals surface area (Å²) in [4.78, 5) is 2.49. The molecule has 100 valence electrons. The van der Waals surface area contributed by atoms with E-state index >= 15 is 0 Å². The Morgan fingerprint density at radius 2 is 1.83 bits per heavy atom. The maximum absolute atomic E-state index is 11.1. The molecule has 1 heterocycles. The first-order valence-electron chi connectivity index (χ1n) is 6.99. The van der Waals surface area contributed by atoms with Gasteiger partial charge in [0.1, 0.15) is 0 Å². The topological polar surface area (TPSA) is 23.5 Å². The van der Waals surface area contributed by atoms with E-state index in [4.69, 9.17) is 0 Å². The molecule has 1 fully saturated rings. The van der Waals surface area contributed by atoms with Crippen LogP contribution in [0.4, 0.5) is 0 Å². The molecule has 2 heteroatoms. The highest BCUT2D eigenvalue weighted by molar-refractivity contribution is 5.24. The van der Waals surface area contributed by atoms with Gasteiger partial charge in [0.05, 0.1) is 5.60 Å². The predicted molar refractivity (Wildman–Crippen MR) is 75.4 cm³/mol. The standard InChI is InChI=1S/C16H25NO/c1-12(2)17-11-13(3)16(18,10-14(17)4)15-8-6-5-7-9-15/h5-9,12-14,18H,10-11H2,1-4H3/t13-,14-,16+/m1/s1. The van der Waals surface area contributed by atoms with Crippen LogP contribution in [0.3, 0.4) is 0 Å². The van der Waals surface area contributed by atoms with Crippen LogP contribution in [0.5, 0.6) is 0 Å². The van der Waals surface area contributed by atoms with E-state index < -0.39 is 5.60 Å². The molecule has 18 heavy (non-hydrogen) atoms. The molecule has 1 aromatic rings. The summed E-state index contributed by atoms with van der Waals surface area (Å²) in [7, 11) is 0. The SMILES string of the molecule is CC(C)N1C[C@@H](C)[C@](O)(c2ccccc2)C[C@H]1C. The van der Waals surface area contributed by atoms with E-state index in [1.807, 2.05) is 30.3 Å². The minimum Gasteiger partial charge on any atom is -0.385 e. The summed E-state index contributed by atoms with van der Waals surface area (Å²) < 4.78 is 0. The summed E-state index contributed by atoms with van der Waals surface area (Å²) in [6.07, 6.45) is 0.816. The molecular weight excluding hydrogens is 222 g/mol. The van der Waals surface area contributed by atoms with Crippen LogP contribution in [0.1, 0.15) is 39.7 Å². The second-order valence-corrected chi connectivity index (χ2v) is 6.04. The molecule has 0 spiro atoms. The van der Waals surface area contributed by atoms with Gasteiger partial charge in [-0.05, 0) is 32.8 Å². The molecule has 0 amide bonds. The minimum absolute atomic E-state index is 0.262. The van der Waals surface area contributed by atoms with Crippen molar-refractivity contribution in [3.63, 3.8) is 0 Å². The van der Waals surface area contributed by atoms with Gasteiger partial charge in [-0.15, -0.1) is 0 Å². The number of piperidine rings is 1. The van der Waals surface area contributed by atoms with Crippen molar-refractivity contribution in [2.45, 2.75) is 51.8 Å². The maximum Gasteiger partial charge on any atom is 0.0948 e. The van der Waals surface area contributed by atoms with Crippen molar-refractivity contribution >= 4 is 0 Å². The summed E-state index contributed by atoms with van der Waals surface area (Å²) in [5.74, 6) is 0.262. The second-order valence-electron chi connectivity index (χ2n) is 6.04. The summed E-state index contributed by atoms with van der Waals surface area (Å²) in [6, 6.07) is 11.1. The molecule has 0 aliphatic carbocycles. The van der Waals surface area contributed by atoms with Crippen LogP contribution in [0.2, 0.25) is 0 Å². The van der Waals surface area contributed by atoms with Gasteiger partial charge in [-0.3, -0.25) is 4.90 Å². The number of benzene rings is 1. The van der Waals surface area contributed by atoms with Crippen molar-refractivity contribution in [3.05, 3.63) is 35.9 Å². The predicted octanol–water partition coefficient (Wildman–Crippen LogP) is 3.01. The quantitative estimate of drug-likeness (QED) is 0.868. The molecule has 1 aromatic carbocycles. The molecule has 0 aromatic heterocycles. The molecule has 3 atom stereocenters. The lowest BCUT2D eigenvalue weighted by atomic mass is 9.74. The average Bonchev–Trinajstić information content (AvgIpc) is 2.34. The van der Waals surface area contributed by atoms with Crippen LogP contribution in [0, 0.1) is 5.92 Å². The van der Waals surface area contributed by atoms with Gasteiger partial charge in [0.15, 0.2) is 0 Å². The summed E-state index contributed by atoms with van der Waals surface area (Å²) in [5.41, 5.74) is 0.388. The summed E-state index contributed by atoms with van der Waals surface area (Å²) >= 11 is 0. The Morgan fingerprint density at radius 3 is 2.39 bits per heavy atom. The fraction of sp³-hybridized carbons (Fsp3) is 0.625. The number of hydrogen-bond donors (Lipinski definition) is 1. The van der Waals surface area contributed by atoms with Crippen molar-refractivity contribution in [2.24, 2.45) is 5.92 Å². The van der Waals surface area contributed by atoms with Gasteiger partial charge >= 0.3 is 0 Å².